The van der Waals surface area contributed by atoms with E-state index in [2.05, 4.69) is 10.3 Å². The van der Waals surface area contributed by atoms with Gasteiger partial charge in [-0.2, -0.15) is 0 Å². The number of nitrogens with one attached hydrogen (secondary N) is 1. The third-order valence-corrected chi connectivity index (χ3v) is 5.01. The molecule has 2 saturated heterocycles. The van der Waals surface area contributed by atoms with Gasteiger partial charge in [0.05, 0.1) is 6.61 Å². The van der Waals surface area contributed by atoms with Crippen molar-refractivity contribution in [1.82, 2.24) is 15.2 Å². The fourth-order valence-electron chi connectivity index (χ4n) is 3.48. The lowest BCUT2D eigenvalue weighted by Gasteiger charge is -2.31. The molecule has 2 aliphatic heterocycles. The van der Waals surface area contributed by atoms with E-state index in [4.69, 9.17) is 9.15 Å². The summed E-state index contributed by atoms with van der Waals surface area (Å²) in [6.07, 6.45) is 2.83. The predicted octanol–water partition coefficient (Wildman–Crippen LogP) is 2.75. The monoisotopic (exact) mass is 329 g/mol. The summed E-state index contributed by atoms with van der Waals surface area (Å²) in [6, 6.07) is 7.88. The zero-order valence-electron chi connectivity index (χ0n) is 13.7. The number of likely N-dealkylation sites (tertiary alicyclic amines) is 1. The van der Waals surface area contributed by atoms with Crippen molar-refractivity contribution in [2.75, 3.05) is 32.8 Å². The van der Waals surface area contributed by atoms with E-state index in [0.717, 1.165) is 62.6 Å². The van der Waals surface area contributed by atoms with E-state index >= 15 is 0 Å². The number of amides is 2. The Hall–Kier alpha value is -2.08. The van der Waals surface area contributed by atoms with Crippen LogP contribution in [0.4, 0.5) is 4.79 Å². The summed E-state index contributed by atoms with van der Waals surface area (Å²) in [7, 11) is 0. The van der Waals surface area contributed by atoms with E-state index in [9.17, 15) is 4.79 Å². The number of hydrogen-bond donors (Lipinski definition) is 1. The van der Waals surface area contributed by atoms with Gasteiger partial charge in [-0.25, -0.2) is 9.78 Å². The maximum Gasteiger partial charge on any atom is 0.317 e. The number of urea groups is 1. The van der Waals surface area contributed by atoms with Gasteiger partial charge in [0, 0.05) is 38.1 Å². The maximum atomic E-state index is 12.3. The van der Waals surface area contributed by atoms with Gasteiger partial charge in [0.25, 0.3) is 0 Å². The van der Waals surface area contributed by atoms with Crippen LogP contribution in [0.25, 0.3) is 11.1 Å². The minimum absolute atomic E-state index is 0.0397. The lowest BCUT2D eigenvalue weighted by atomic mass is 9.97. The lowest BCUT2D eigenvalue weighted by Crippen LogP contribution is -2.45. The van der Waals surface area contributed by atoms with E-state index in [0.29, 0.717) is 18.4 Å². The van der Waals surface area contributed by atoms with Gasteiger partial charge < -0.3 is 19.4 Å². The normalized spacial score (nSPS) is 22.2. The van der Waals surface area contributed by atoms with Gasteiger partial charge in [-0.3, -0.25) is 0 Å². The summed E-state index contributed by atoms with van der Waals surface area (Å²) in [6.45, 7) is 3.78. The van der Waals surface area contributed by atoms with Crippen LogP contribution in [0.1, 0.15) is 31.1 Å². The number of hydrogen-bond acceptors (Lipinski definition) is 4. The first-order valence-electron chi connectivity index (χ1n) is 8.75. The first kappa shape index (κ1) is 15.4. The fraction of sp³-hybridized carbons (Fsp3) is 0.556. The molecule has 24 heavy (non-hydrogen) atoms. The summed E-state index contributed by atoms with van der Waals surface area (Å²) < 4.78 is 11.2. The van der Waals surface area contributed by atoms with Crippen LogP contribution in [0.5, 0.6) is 0 Å². The fourth-order valence-corrected chi connectivity index (χ4v) is 3.48. The number of rotatable bonds is 3. The van der Waals surface area contributed by atoms with Crippen LogP contribution in [0.2, 0.25) is 0 Å². The maximum absolute atomic E-state index is 12.3. The Kier molecular flexibility index (Phi) is 4.38. The molecule has 0 saturated carbocycles. The van der Waals surface area contributed by atoms with Crippen LogP contribution in [-0.4, -0.2) is 48.8 Å². The minimum atomic E-state index is 0.0397. The average Bonchev–Trinajstić information content (AvgIpc) is 3.29. The number of piperidine rings is 1. The van der Waals surface area contributed by atoms with Gasteiger partial charge in [-0.05, 0) is 31.4 Å². The van der Waals surface area contributed by atoms with Crippen LogP contribution in [-0.2, 0) is 4.74 Å². The van der Waals surface area contributed by atoms with Crippen LogP contribution in [0, 0.1) is 5.92 Å². The van der Waals surface area contributed by atoms with Crippen molar-refractivity contribution in [3.05, 3.63) is 30.2 Å². The highest BCUT2D eigenvalue weighted by Crippen LogP contribution is 2.29. The van der Waals surface area contributed by atoms with Crippen molar-refractivity contribution in [1.29, 1.82) is 0 Å². The smallest absolute Gasteiger partial charge is 0.317 e. The van der Waals surface area contributed by atoms with Crippen LogP contribution in [0.3, 0.4) is 0 Å². The van der Waals surface area contributed by atoms with E-state index < -0.39 is 0 Å². The standard InChI is InChI=1S/C18H23N3O3/c22-18(19-11-13-7-10-23-12-13)21-8-5-14(6-9-21)17-20-15-3-1-2-4-16(15)24-17/h1-4,13-14H,5-12H2,(H,19,22). The van der Waals surface area contributed by atoms with E-state index in [-0.39, 0.29) is 6.03 Å². The van der Waals surface area contributed by atoms with E-state index in [1.807, 2.05) is 29.2 Å². The van der Waals surface area contributed by atoms with Gasteiger partial charge in [0.1, 0.15) is 5.52 Å². The van der Waals surface area contributed by atoms with Gasteiger partial charge in [-0.1, -0.05) is 12.1 Å². The summed E-state index contributed by atoms with van der Waals surface area (Å²) in [5.74, 6) is 1.57. The first-order valence-corrected chi connectivity index (χ1v) is 8.75. The Balaban J connectivity index is 1.30. The van der Waals surface area contributed by atoms with Crippen molar-refractivity contribution < 1.29 is 13.9 Å². The number of fused-ring (bicyclic) bond motifs is 1. The van der Waals surface area contributed by atoms with Crippen molar-refractivity contribution in [2.24, 2.45) is 5.92 Å². The molecule has 4 rings (SSSR count). The second-order valence-corrected chi connectivity index (χ2v) is 6.70. The van der Waals surface area contributed by atoms with Gasteiger partial charge in [0.2, 0.25) is 0 Å². The predicted molar refractivity (Wildman–Crippen MR) is 89.9 cm³/mol. The van der Waals surface area contributed by atoms with Crippen LogP contribution < -0.4 is 5.32 Å². The minimum Gasteiger partial charge on any atom is -0.440 e. The van der Waals surface area contributed by atoms with Crippen molar-refractivity contribution >= 4 is 17.1 Å². The quantitative estimate of drug-likeness (QED) is 0.940. The Bertz CT molecular complexity index is 667. The molecule has 1 aromatic carbocycles. The van der Waals surface area contributed by atoms with E-state index in [1.165, 1.54) is 0 Å². The number of carbonyl (C=O) groups is 1. The summed E-state index contributed by atoms with van der Waals surface area (Å²) >= 11 is 0. The number of oxazole rings is 1. The largest absolute Gasteiger partial charge is 0.440 e. The first-order chi connectivity index (χ1) is 11.8. The highest BCUT2D eigenvalue weighted by molar-refractivity contribution is 5.74. The molecule has 2 fully saturated rings. The van der Waals surface area contributed by atoms with Crippen molar-refractivity contribution in [2.45, 2.75) is 25.2 Å². The van der Waals surface area contributed by atoms with Crippen molar-refractivity contribution in [3.63, 3.8) is 0 Å². The van der Waals surface area contributed by atoms with Gasteiger partial charge >= 0.3 is 6.03 Å². The topological polar surface area (TPSA) is 67.6 Å². The average molecular weight is 329 g/mol. The van der Waals surface area contributed by atoms with Gasteiger partial charge in [-0.15, -0.1) is 0 Å². The number of carbonyl (C=O) groups excluding carboxylic acids is 1. The molecular weight excluding hydrogens is 306 g/mol. The molecule has 1 atom stereocenters. The molecular formula is C18H23N3O3. The zero-order chi connectivity index (χ0) is 16.4. The molecule has 2 aromatic rings. The number of aromatic nitrogens is 1. The third kappa shape index (κ3) is 3.24. The molecule has 2 aliphatic rings. The molecule has 1 aromatic heterocycles. The van der Waals surface area contributed by atoms with Crippen molar-refractivity contribution in [3.8, 4) is 0 Å². The molecule has 128 valence electrons. The Morgan fingerprint density at radius 1 is 1.25 bits per heavy atom. The van der Waals surface area contributed by atoms with E-state index in [1.54, 1.807) is 0 Å². The molecule has 0 spiro atoms. The zero-order valence-corrected chi connectivity index (χ0v) is 13.7. The highest BCUT2D eigenvalue weighted by Gasteiger charge is 2.27. The SMILES string of the molecule is O=C(NCC1CCOC1)N1CCC(c2nc3ccccc3o2)CC1. The molecule has 6 heteroatoms. The van der Waals surface area contributed by atoms with Gasteiger partial charge in [0.15, 0.2) is 11.5 Å². The second kappa shape index (κ2) is 6.81. The lowest BCUT2D eigenvalue weighted by molar-refractivity contribution is 0.171. The number of benzene rings is 1. The van der Waals surface area contributed by atoms with Crippen LogP contribution in [0.15, 0.2) is 28.7 Å². The Morgan fingerprint density at radius 2 is 2.08 bits per heavy atom. The highest BCUT2D eigenvalue weighted by atomic mass is 16.5. The summed E-state index contributed by atoms with van der Waals surface area (Å²) in [4.78, 5) is 18.8. The van der Waals surface area contributed by atoms with Crippen LogP contribution >= 0.6 is 0 Å². The summed E-state index contributed by atoms with van der Waals surface area (Å²) in [5, 5.41) is 3.04. The molecule has 0 radical (unpaired) electrons. The molecule has 1 unspecified atom stereocenters. The molecule has 3 heterocycles. The molecule has 0 aliphatic carbocycles. The molecule has 1 N–H and O–H groups in total. The Labute approximate surface area is 141 Å². The molecule has 0 bridgehead atoms. The molecule has 2 amide bonds. The summed E-state index contributed by atoms with van der Waals surface area (Å²) in [5.41, 5.74) is 1.75. The number of ether oxygens (including phenoxy) is 1. The second-order valence-electron chi connectivity index (χ2n) is 6.70. The third-order valence-electron chi connectivity index (χ3n) is 5.01. The molecule has 6 nitrogen and oxygen atoms in total. The Morgan fingerprint density at radius 3 is 2.83 bits per heavy atom. The number of para-hydroxylation sites is 2. The number of nitrogens with zero attached hydrogens (tertiary/aromatic N) is 2.